The number of nitrogens with zero attached hydrogens (tertiary/aromatic N) is 3. The summed E-state index contributed by atoms with van der Waals surface area (Å²) in [6.07, 6.45) is -8.18. The smallest absolute Gasteiger partial charge is 0.452 e. The highest BCUT2D eigenvalue weighted by atomic mass is 35.5. The zero-order chi connectivity index (χ0) is 25.5. The van der Waals surface area contributed by atoms with Gasteiger partial charge in [0.1, 0.15) is 18.0 Å². The van der Waals surface area contributed by atoms with Crippen molar-refractivity contribution in [2.75, 3.05) is 21.3 Å². The molecule has 9 nitrogen and oxygen atoms in total. The maximum Gasteiger partial charge on any atom is 0.452 e. The van der Waals surface area contributed by atoms with Gasteiger partial charge in [0.2, 0.25) is 5.82 Å². The highest BCUT2D eigenvalue weighted by Gasteiger charge is 2.45. The van der Waals surface area contributed by atoms with Gasteiger partial charge >= 0.3 is 12.1 Å². The van der Waals surface area contributed by atoms with Crippen LogP contribution in [0.1, 0.15) is 41.4 Å². The Hall–Kier alpha value is -3.51. The van der Waals surface area contributed by atoms with Gasteiger partial charge in [-0.25, -0.2) is 0 Å². The van der Waals surface area contributed by atoms with Crippen molar-refractivity contribution in [1.29, 1.82) is 0 Å². The first-order valence-corrected chi connectivity index (χ1v) is 10.5. The average molecular weight is 514 g/mol. The molecule has 0 amide bonds. The van der Waals surface area contributed by atoms with E-state index in [9.17, 15) is 23.1 Å². The van der Waals surface area contributed by atoms with Crippen molar-refractivity contribution < 1.29 is 42.0 Å². The standard InChI is InChI=1S/C22H19ClF3N3O6/c1-32-13-6-4-5-11(19(13)34-3)18-12-7-10(23)8-14(33-2)17(12)29-20(15(35-18)9-16(30)31)27-28-21(29)22(24,25)26/h4-8,15,18H,9H2,1-3H3,(H,30,31)/t15-,18-/m1/s1. The summed E-state index contributed by atoms with van der Waals surface area (Å²) in [5, 5.41) is 16.6. The van der Waals surface area contributed by atoms with Gasteiger partial charge in [0.05, 0.1) is 33.4 Å². The van der Waals surface area contributed by atoms with E-state index in [0.717, 1.165) is 0 Å². The Labute approximate surface area is 201 Å². The highest BCUT2D eigenvalue weighted by molar-refractivity contribution is 6.30. The molecular weight excluding hydrogens is 495 g/mol. The second-order valence-electron chi connectivity index (χ2n) is 7.45. The van der Waals surface area contributed by atoms with E-state index in [4.69, 9.17) is 30.5 Å². The molecule has 13 heteroatoms. The molecule has 1 aliphatic rings. The molecule has 2 atom stereocenters. The van der Waals surface area contributed by atoms with Crippen LogP contribution in [-0.4, -0.2) is 47.2 Å². The molecule has 0 unspecified atom stereocenters. The number of rotatable bonds is 6. The van der Waals surface area contributed by atoms with Gasteiger partial charge in [0, 0.05) is 22.2 Å². The summed E-state index contributed by atoms with van der Waals surface area (Å²) in [4.78, 5) is 11.7. The number of aliphatic carboxylic acids is 1. The first kappa shape index (κ1) is 24.6. The van der Waals surface area contributed by atoms with Gasteiger partial charge in [-0.2, -0.15) is 13.2 Å². The lowest BCUT2D eigenvalue weighted by Crippen LogP contribution is -2.18. The molecule has 0 fully saturated rings. The van der Waals surface area contributed by atoms with Gasteiger partial charge in [-0.15, -0.1) is 10.2 Å². The van der Waals surface area contributed by atoms with Gasteiger partial charge in [-0.3, -0.25) is 9.36 Å². The Morgan fingerprint density at radius 2 is 1.83 bits per heavy atom. The maximum absolute atomic E-state index is 14.0. The van der Waals surface area contributed by atoms with Crippen LogP contribution in [0.2, 0.25) is 5.02 Å². The molecule has 0 radical (unpaired) electrons. The van der Waals surface area contributed by atoms with Crippen LogP contribution >= 0.6 is 11.6 Å². The van der Waals surface area contributed by atoms with E-state index in [-0.39, 0.29) is 33.6 Å². The molecule has 0 spiro atoms. The Balaban J connectivity index is 2.11. The summed E-state index contributed by atoms with van der Waals surface area (Å²) in [5.74, 6) is -2.49. The summed E-state index contributed by atoms with van der Waals surface area (Å²) in [6.45, 7) is 0. The maximum atomic E-state index is 14.0. The van der Waals surface area contributed by atoms with Crippen LogP contribution in [0.5, 0.6) is 17.2 Å². The van der Waals surface area contributed by atoms with E-state index in [2.05, 4.69) is 10.2 Å². The van der Waals surface area contributed by atoms with Gasteiger partial charge in [-0.05, 0) is 12.1 Å². The summed E-state index contributed by atoms with van der Waals surface area (Å²) in [6, 6.07) is 7.64. The quantitative estimate of drug-likeness (QED) is 0.510. The number of fused-ring (bicyclic) bond motifs is 3. The van der Waals surface area contributed by atoms with Crippen LogP contribution in [0.25, 0.3) is 5.69 Å². The van der Waals surface area contributed by atoms with Gasteiger partial charge in [0.25, 0.3) is 0 Å². The Morgan fingerprint density at radius 3 is 2.43 bits per heavy atom. The lowest BCUT2D eigenvalue weighted by atomic mass is 9.97. The molecule has 4 rings (SSSR count). The number of alkyl halides is 3. The van der Waals surface area contributed by atoms with E-state index < -0.39 is 36.6 Å². The number of halogens is 4. The van der Waals surface area contributed by atoms with Crippen LogP contribution in [0.3, 0.4) is 0 Å². The van der Waals surface area contributed by atoms with Crippen LogP contribution < -0.4 is 14.2 Å². The molecule has 1 aromatic heterocycles. The van der Waals surface area contributed by atoms with E-state index >= 15 is 0 Å². The van der Waals surface area contributed by atoms with Crippen LogP contribution in [0, 0.1) is 0 Å². The van der Waals surface area contributed by atoms with Crippen LogP contribution in [-0.2, 0) is 15.7 Å². The van der Waals surface area contributed by atoms with E-state index in [1.807, 2.05) is 0 Å². The normalized spacial score (nSPS) is 17.2. The van der Waals surface area contributed by atoms with Gasteiger partial charge < -0.3 is 24.1 Å². The number of ether oxygens (including phenoxy) is 4. The monoisotopic (exact) mass is 513 g/mol. The van der Waals surface area contributed by atoms with E-state index in [1.54, 1.807) is 18.2 Å². The lowest BCUT2D eigenvalue weighted by Gasteiger charge is -2.25. The number of carboxylic acid groups (broad SMARTS) is 1. The number of aromatic nitrogens is 3. The fraction of sp³-hybridized carbons (Fsp3) is 0.318. The first-order chi connectivity index (χ1) is 16.6. The largest absolute Gasteiger partial charge is 0.494 e. The molecule has 1 aliphatic heterocycles. The molecular formula is C22H19ClF3N3O6. The van der Waals surface area contributed by atoms with Crippen molar-refractivity contribution in [1.82, 2.24) is 14.8 Å². The Bertz CT molecular complexity index is 1280. The third-order valence-electron chi connectivity index (χ3n) is 5.40. The average Bonchev–Trinajstić information content (AvgIpc) is 3.20. The van der Waals surface area contributed by atoms with Crippen molar-refractivity contribution in [3.05, 3.63) is 58.1 Å². The fourth-order valence-corrected chi connectivity index (χ4v) is 4.27. The van der Waals surface area contributed by atoms with Crippen LogP contribution in [0.15, 0.2) is 30.3 Å². The van der Waals surface area contributed by atoms with Gasteiger partial charge in [0.15, 0.2) is 17.3 Å². The second kappa shape index (κ2) is 9.27. The number of methoxy groups -OCH3 is 3. The Kier molecular flexibility index (Phi) is 6.52. The minimum absolute atomic E-state index is 0.0227. The molecule has 186 valence electrons. The predicted molar refractivity (Wildman–Crippen MR) is 115 cm³/mol. The molecule has 0 saturated carbocycles. The highest BCUT2D eigenvalue weighted by Crippen LogP contribution is 2.49. The molecule has 0 aliphatic carbocycles. The number of para-hydroxylation sites is 1. The molecule has 0 saturated heterocycles. The molecule has 1 N–H and O–H groups in total. The minimum Gasteiger partial charge on any atom is -0.494 e. The topological polar surface area (TPSA) is 105 Å². The van der Waals surface area contributed by atoms with Crippen molar-refractivity contribution in [3.63, 3.8) is 0 Å². The van der Waals surface area contributed by atoms with Crippen molar-refractivity contribution in [2.24, 2.45) is 0 Å². The first-order valence-electron chi connectivity index (χ1n) is 10.1. The van der Waals surface area contributed by atoms with E-state index in [1.165, 1.54) is 33.5 Å². The predicted octanol–water partition coefficient (Wildman–Crippen LogP) is 4.60. The zero-order valence-corrected chi connectivity index (χ0v) is 19.3. The number of carbonyl (C=O) groups is 1. The van der Waals surface area contributed by atoms with E-state index in [0.29, 0.717) is 15.9 Å². The number of benzene rings is 2. The van der Waals surface area contributed by atoms with Crippen molar-refractivity contribution >= 4 is 17.6 Å². The number of carboxylic acids is 1. The SMILES string of the molecule is COc1cccc([C@H]2O[C@H](CC(=O)O)c3nnc(C(F)(F)F)n3-c3c(OC)cc(Cl)cc32)c1OC. The molecule has 3 aromatic rings. The number of hydrogen-bond donors (Lipinski definition) is 1. The van der Waals surface area contributed by atoms with Crippen molar-refractivity contribution in [2.45, 2.75) is 24.8 Å². The summed E-state index contributed by atoms with van der Waals surface area (Å²) in [7, 11) is 4.08. The minimum atomic E-state index is -4.92. The third kappa shape index (κ3) is 4.34. The zero-order valence-electron chi connectivity index (χ0n) is 18.6. The van der Waals surface area contributed by atoms with Gasteiger partial charge in [-0.1, -0.05) is 23.7 Å². The lowest BCUT2D eigenvalue weighted by molar-refractivity contribution is -0.146. The summed E-state index contributed by atoms with van der Waals surface area (Å²) in [5.41, 5.74) is 0.424. The summed E-state index contributed by atoms with van der Waals surface area (Å²) < 4.78 is 65.1. The molecule has 0 bridgehead atoms. The van der Waals surface area contributed by atoms with Crippen LogP contribution in [0.4, 0.5) is 13.2 Å². The van der Waals surface area contributed by atoms with Crippen molar-refractivity contribution in [3.8, 4) is 22.9 Å². The number of hydrogen-bond acceptors (Lipinski definition) is 7. The summed E-state index contributed by atoms with van der Waals surface area (Å²) >= 11 is 6.30. The molecule has 35 heavy (non-hydrogen) atoms. The third-order valence-corrected chi connectivity index (χ3v) is 5.62. The Morgan fingerprint density at radius 1 is 1.11 bits per heavy atom. The molecule has 2 aromatic carbocycles. The fourth-order valence-electron chi connectivity index (χ4n) is 4.05. The molecule has 2 heterocycles. The second-order valence-corrected chi connectivity index (χ2v) is 7.88.